The predicted octanol–water partition coefficient (Wildman–Crippen LogP) is 1.82. The Labute approximate surface area is 117 Å². The van der Waals surface area contributed by atoms with Crippen molar-refractivity contribution in [2.45, 2.75) is 26.1 Å². The Bertz CT molecular complexity index is 535. The molecule has 0 fully saturated rings. The minimum Gasteiger partial charge on any atom is -0.486 e. The molecule has 1 atom stereocenters. The summed E-state index contributed by atoms with van der Waals surface area (Å²) in [4.78, 5) is 10.9. The van der Waals surface area contributed by atoms with Crippen molar-refractivity contribution in [1.29, 1.82) is 0 Å². The fourth-order valence-electron chi connectivity index (χ4n) is 1.62. The van der Waals surface area contributed by atoms with Crippen LogP contribution in [0.15, 0.2) is 47.1 Å². The van der Waals surface area contributed by atoms with E-state index in [9.17, 15) is 4.79 Å². The van der Waals surface area contributed by atoms with Crippen LogP contribution in [0, 0.1) is 0 Å². The van der Waals surface area contributed by atoms with Gasteiger partial charge in [-0.25, -0.2) is 0 Å². The molecule has 2 rings (SSSR count). The van der Waals surface area contributed by atoms with E-state index in [0.717, 1.165) is 17.1 Å². The molecule has 0 bridgehead atoms. The van der Waals surface area contributed by atoms with Gasteiger partial charge in [-0.3, -0.25) is 4.79 Å². The van der Waals surface area contributed by atoms with Gasteiger partial charge in [0.05, 0.1) is 12.3 Å². The number of rotatable bonds is 7. The summed E-state index contributed by atoms with van der Waals surface area (Å²) in [5, 5.41) is 3.04. The summed E-state index contributed by atoms with van der Waals surface area (Å²) in [6.45, 7) is 2.73. The summed E-state index contributed by atoms with van der Waals surface area (Å²) < 4.78 is 10.8. The van der Waals surface area contributed by atoms with Gasteiger partial charge in [-0.2, -0.15) is 0 Å². The summed E-state index contributed by atoms with van der Waals surface area (Å²) in [6.07, 6.45) is 1.62. The van der Waals surface area contributed by atoms with Gasteiger partial charge in [0.15, 0.2) is 0 Å². The van der Waals surface area contributed by atoms with Crippen molar-refractivity contribution >= 4 is 5.91 Å². The van der Waals surface area contributed by atoms with Gasteiger partial charge in [0.2, 0.25) is 5.91 Å². The second kappa shape index (κ2) is 6.77. The van der Waals surface area contributed by atoms with Gasteiger partial charge >= 0.3 is 0 Å². The molecule has 0 aliphatic heterocycles. The van der Waals surface area contributed by atoms with Crippen LogP contribution >= 0.6 is 0 Å². The Morgan fingerprint density at radius 2 is 2.10 bits per heavy atom. The van der Waals surface area contributed by atoms with E-state index in [1.165, 1.54) is 0 Å². The lowest BCUT2D eigenvalue weighted by molar-refractivity contribution is -0.119. The molecule has 0 aliphatic carbocycles. The molecular formula is C15H18N2O3. The number of hydrogen-bond acceptors (Lipinski definition) is 4. The molecule has 5 heteroatoms. The zero-order valence-electron chi connectivity index (χ0n) is 11.3. The first-order valence-corrected chi connectivity index (χ1v) is 6.42. The van der Waals surface area contributed by atoms with Gasteiger partial charge in [0.25, 0.3) is 0 Å². The van der Waals surface area contributed by atoms with Crippen LogP contribution < -0.4 is 15.8 Å². The van der Waals surface area contributed by atoms with Gasteiger partial charge in [0.1, 0.15) is 18.1 Å². The molecule has 1 amide bonds. The number of amides is 1. The van der Waals surface area contributed by atoms with Crippen LogP contribution in [0.4, 0.5) is 0 Å². The minimum absolute atomic E-state index is 0.343. The standard InChI is InChI=1S/C15H18N2O3/c1-11(15(16)18)17-9-12-4-6-13(7-5-12)20-10-14-3-2-8-19-14/h2-8,11,17H,9-10H2,1H3,(H2,16,18)/t11-/m0/s1. The number of ether oxygens (including phenoxy) is 1. The lowest BCUT2D eigenvalue weighted by Gasteiger charge is -2.10. The summed E-state index contributed by atoms with van der Waals surface area (Å²) in [6, 6.07) is 11.0. The number of furan rings is 1. The lowest BCUT2D eigenvalue weighted by Crippen LogP contribution is -2.38. The van der Waals surface area contributed by atoms with Gasteiger partial charge in [-0.1, -0.05) is 12.1 Å². The first kappa shape index (κ1) is 14.1. The maximum atomic E-state index is 10.9. The first-order valence-electron chi connectivity index (χ1n) is 6.42. The summed E-state index contributed by atoms with van der Waals surface area (Å²) in [5.41, 5.74) is 6.24. The third-order valence-corrected chi connectivity index (χ3v) is 2.92. The molecule has 1 heterocycles. The molecule has 0 spiro atoms. The fourth-order valence-corrected chi connectivity index (χ4v) is 1.62. The Morgan fingerprint density at radius 3 is 2.70 bits per heavy atom. The Hall–Kier alpha value is -2.27. The van der Waals surface area contributed by atoms with Gasteiger partial charge < -0.3 is 20.2 Å². The van der Waals surface area contributed by atoms with E-state index in [0.29, 0.717) is 13.2 Å². The highest BCUT2D eigenvalue weighted by Gasteiger charge is 2.07. The smallest absolute Gasteiger partial charge is 0.234 e. The zero-order chi connectivity index (χ0) is 14.4. The second-order valence-corrected chi connectivity index (χ2v) is 4.52. The van der Waals surface area contributed by atoms with Crippen molar-refractivity contribution in [3.8, 4) is 5.75 Å². The van der Waals surface area contributed by atoms with E-state index in [4.69, 9.17) is 14.9 Å². The van der Waals surface area contributed by atoms with Crippen molar-refractivity contribution < 1.29 is 13.9 Å². The highest BCUT2D eigenvalue weighted by atomic mass is 16.5. The molecule has 0 unspecified atom stereocenters. The topological polar surface area (TPSA) is 77.5 Å². The van der Waals surface area contributed by atoms with Crippen LogP contribution in [0.5, 0.6) is 5.75 Å². The van der Waals surface area contributed by atoms with Gasteiger partial charge in [-0.15, -0.1) is 0 Å². The molecule has 0 aliphatic rings. The minimum atomic E-state index is -0.358. The van der Waals surface area contributed by atoms with Crippen molar-refractivity contribution in [2.75, 3.05) is 0 Å². The summed E-state index contributed by atoms with van der Waals surface area (Å²) in [7, 11) is 0. The number of primary amides is 1. The van der Waals surface area contributed by atoms with Gasteiger partial charge in [0, 0.05) is 6.54 Å². The normalized spacial score (nSPS) is 12.1. The summed E-state index contributed by atoms with van der Waals surface area (Å²) in [5.74, 6) is 1.20. The third kappa shape index (κ3) is 4.13. The molecule has 0 radical (unpaired) electrons. The second-order valence-electron chi connectivity index (χ2n) is 4.52. The molecule has 0 saturated carbocycles. The number of benzene rings is 1. The Balaban J connectivity index is 1.82. The van der Waals surface area contributed by atoms with E-state index in [-0.39, 0.29) is 11.9 Å². The van der Waals surface area contributed by atoms with E-state index in [2.05, 4.69) is 5.32 Å². The zero-order valence-corrected chi connectivity index (χ0v) is 11.3. The van der Waals surface area contributed by atoms with Crippen molar-refractivity contribution in [3.63, 3.8) is 0 Å². The molecule has 3 N–H and O–H groups in total. The molecule has 5 nitrogen and oxygen atoms in total. The van der Waals surface area contributed by atoms with Crippen LogP contribution in [-0.2, 0) is 17.9 Å². The monoisotopic (exact) mass is 274 g/mol. The molecule has 2 aromatic rings. The number of nitrogens with one attached hydrogen (secondary N) is 1. The molecule has 1 aromatic heterocycles. The Morgan fingerprint density at radius 1 is 1.35 bits per heavy atom. The average Bonchev–Trinajstić information content (AvgIpc) is 2.96. The van der Waals surface area contributed by atoms with Crippen LogP contribution in [0.3, 0.4) is 0 Å². The van der Waals surface area contributed by atoms with E-state index >= 15 is 0 Å². The average molecular weight is 274 g/mol. The largest absolute Gasteiger partial charge is 0.486 e. The molecule has 0 saturated heterocycles. The van der Waals surface area contributed by atoms with Crippen LogP contribution in [-0.4, -0.2) is 11.9 Å². The Kier molecular flexibility index (Phi) is 4.79. The van der Waals surface area contributed by atoms with E-state index in [1.54, 1.807) is 13.2 Å². The first-order chi connectivity index (χ1) is 9.65. The van der Waals surface area contributed by atoms with Crippen molar-refractivity contribution in [3.05, 3.63) is 54.0 Å². The maximum Gasteiger partial charge on any atom is 0.234 e. The van der Waals surface area contributed by atoms with Gasteiger partial charge in [-0.05, 0) is 36.8 Å². The van der Waals surface area contributed by atoms with E-state index < -0.39 is 0 Å². The van der Waals surface area contributed by atoms with Crippen LogP contribution in [0.2, 0.25) is 0 Å². The molecule has 20 heavy (non-hydrogen) atoms. The highest BCUT2D eigenvalue weighted by Crippen LogP contribution is 2.14. The number of carbonyl (C=O) groups excluding carboxylic acids is 1. The quantitative estimate of drug-likeness (QED) is 0.807. The molecular weight excluding hydrogens is 256 g/mol. The third-order valence-electron chi connectivity index (χ3n) is 2.92. The molecule has 1 aromatic carbocycles. The number of nitrogens with two attached hydrogens (primary N) is 1. The maximum absolute atomic E-state index is 10.9. The SMILES string of the molecule is C[C@H](NCc1ccc(OCc2ccco2)cc1)C(N)=O. The van der Waals surface area contributed by atoms with Crippen molar-refractivity contribution in [1.82, 2.24) is 5.32 Å². The number of hydrogen-bond donors (Lipinski definition) is 2. The molecule has 106 valence electrons. The van der Waals surface area contributed by atoms with Crippen molar-refractivity contribution in [2.24, 2.45) is 5.73 Å². The van der Waals surface area contributed by atoms with Crippen LogP contribution in [0.1, 0.15) is 18.2 Å². The van der Waals surface area contributed by atoms with Crippen LogP contribution in [0.25, 0.3) is 0 Å². The summed E-state index contributed by atoms with van der Waals surface area (Å²) >= 11 is 0. The lowest BCUT2D eigenvalue weighted by atomic mass is 10.2. The number of carbonyl (C=O) groups is 1. The highest BCUT2D eigenvalue weighted by molar-refractivity contribution is 5.79. The predicted molar refractivity (Wildman–Crippen MR) is 75.0 cm³/mol. The van der Waals surface area contributed by atoms with E-state index in [1.807, 2.05) is 36.4 Å². The fraction of sp³-hybridized carbons (Fsp3) is 0.267.